The van der Waals surface area contributed by atoms with Crippen LogP contribution in [0.3, 0.4) is 0 Å². The molecule has 1 aliphatic carbocycles. The van der Waals surface area contributed by atoms with Gasteiger partial charge in [0, 0.05) is 12.8 Å². The molecule has 1 atom stereocenters. The van der Waals surface area contributed by atoms with Crippen LogP contribution in [0.4, 0.5) is 0 Å². The minimum absolute atomic E-state index is 0.351. The summed E-state index contributed by atoms with van der Waals surface area (Å²) in [5, 5.41) is 3.61. The second-order valence-corrected chi connectivity index (χ2v) is 5.22. The van der Waals surface area contributed by atoms with Crippen molar-refractivity contribution in [3.8, 4) is 0 Å². The Hall–Kier alpha value is -0.930. The first-order chi connectivity index (χ1) is 8.77. The summed E-state index contributed by atoms with van der Waals surface area (Å²) in [5.74, 6) is 0. The Kier molecular flexibility index (Phi) is 5.14. The number of unbranched alkanes of at least 4 members (excludes halogenated alkanes) is 1. The lowest BCUT2D eigenvalue weighted by molar-refractivity contribution is 0.0759. The first-order valence-corrected chi connectivity index (χ1v) is 7.06. The third kappa shape index (κ3) is 3.79. The molecule has 1 N–H and O–H groups in total. The minimum atomic E-state index is 0.351. The summed E-state index contributed by atoms with van der Waals surface area (Å²) < 4.78 is 5.53. The highest BCUT2D eigenvalue weighted by atomic mass is 16.5. The smallest absolute Gasteiger partial charge is 0.0605 e. The van der Waals surface area contributed by atoms with Gasteiger partial charge in [-0.3, -0.25) is 4.98 Å². The van der Waals surface area contributed by atoms with Crippen molar-refractivity contribution in [1.82, 2.24) is 10.3 Å². The lowest BCUT2D eigenvalue weighted by Crippen LogP contribution is -2.21. The molecule has 0 amide bonds. The molecule has 2 rings (SSSR count). The van der Waals surface area contributed by atoms with E-state index in [-0.39, 0.29) is 0 Å². The Labute approximate surface area is 110 Å². The number of aromatic nitrogens is 1. The van der Waals surface area contributed by atoms with Crippen LogP contribution >= 0.6 is 0 Å². The van der Waals surface area contributed by atoms with Crippen LogP contribution in [0.25, 0.3) is 0 Å². The number of hydrogen-bond donors (Lipinski definition) is 1. The van der Waals surface area contributed by atoms with E-state index in [0.717, 1.165) is 26.0 Å². The molecule has 1 aromatic rings. The topological polar surface area (TPSA) is 34.1 Å². The van der Waals surface area contributed by atoms with E-state index in [4.69, 9.17) is 4.74 Å². The van der Waals surface area contributed by atoms with Gasteiger partial charge in [-0.25, -0.2) is 0 Å². The summed E-state index contributed by atoms with van der Waals surface area (Å²) in [5.41, 5.74) is 2.68. The standard InChI is InChI=1S/C15H24N2O/c1-12(2)18-11-4-3-9-16-14-8-7-13-6-5-10-17-15(13)14/h5-6,10,12,14,16H,3-4,7-9,11H2,1-2H3. The Morgan fingerprint density at radius 3 is 3.17 bits per heavy atom. The molecule has 0 saturated carbocycles. The number of ether oxygens (including phenoxy) is 1. The summed E-state index contributed by atoms with van der Waals surface area (Å²) in [6.45, 7) is 6.10. The van der Waals surface area contributed by atoms with Crippen LogP contribution in [0.15, 0.2) is 18.3 Å². The maximum absolute atomic E-state index is 5.53. The molecule has 0 saturated heterocycles. The summed E-state index contributed by atoms with van der Waals surface area (Å²) in [6, 6.07) is 4.69. The van der Waals surface area contributed by atoms with Crippen LogP contribution in [0, 0.1) is 0 Å². The predicted molar refractivity (Wildman–Crippen MR) is 73.6 cm³/mol. The quantitative estimate of drug-likeness (QED) is 0.753. The molecule has 1 heterocycles. The van der Waals surface area contributed by atoms with E-state index in [0.29, 0.717) is 12.1 Å². The van der Waals surface area contributed by atoms with Crippen LogP contribution in [0.5, 0.6) is 0 Å². The van der Waals surface area contributed by atoms with Crippen molar-refractivity contribution < 1.29 is 4.74 Å². The van der Waals surface area contributed by atoms with Crippen LogP contribution in [0.1, 0.15) is 50.4 Å². The average Bonchev–Trinajstić information content (AvgIpc) is 2.77. The molecule has 3 heteroatoms. The highest BCUT2D eigenvalue weighted by molar-refractivity contribution is 5.27. The van der Waals surface area contributed by atoms with Gasteiger partial charge in [-0.1, -0.05) is 6.07 Å². The Morgan fingerprint density at radius 2 is 2.33 bits per heavy atom. The number of nitrogens with one attached hydrogen (secondary N) is 1. The maximum Gasteiger partial charge on any atom is 0.0605 e. The monoisotopic (exact) mass is 248 g/mol. The largest absolute Gasteiger partial charge is 0.379 e. The molecular weight excluding hydrogens is 224 g/mol. The van der Waals surface area contributed by atoms with E-state index in [1.807, 2.05) is 12.3 Å². The SMILES string of the molecule is CC(C)OCCCCNC1CCc2cccnc21. The summed E-state index contributed by atoms with van der Waals surface area (Å²) >= 11 is 0. The van der Waals surface area contributed by atoms with E-state index in [1.165, 1.54) is 24.1 Å². The third-order valence-corrected chi connectivity index (χ3v) is 3.37. The fourth-order valence-electron chi connectivity index (χ4n) is 2.43. The van der Waals surface area contributed by atoms with Gasteiger partial charge in [0.05, 0.1) is 17.8 Å². The summed E-state index contributed by atoms with van der Waals surface area (Å²) in [6.07, 6.45) is 6.91. The van der Waals surface area contributed by atoms with Gasteiger partial charge in [-0.05, 0) is 57.7 Å². The van der Waals surface area contributed by atoms with E-state index in [9.17, 15) is 0 Å². The molecule has 1 aromatic heterocycles. The van der Waals surface area contributed by atoms with Gasteiger partial charge in [0.1, 0.15) is 0 Å². The fourth-order valence-corrected chi connectivity index (χ4v) is 2.43. The van der Waals surface area contributed by atoms with Gasteiger partial charge in [-0.2, -0.15) is 0 Å². The molecule has 3 nitrogen and oxygen atoms in total. The van der Waals surface area contributed by atoms with Crippen molar-refractivity contribution in [2.45, 2.75) is 51.7 Å². The van der Waals surface area contributed by atoms with Crippen molar-refractivity contribution in [1.29, 1.82) is 0 Å². The van der Waals surface area contributed by atoms with Crippen LogP contribution < -0.4 is 5.32 Å². The third-order valence-electron chi connectivity index (χ3n) is 3.37. The van der Waals surface area contributed by atoms with Gasteiger partial charge in [0.25, 0.3) is 0 Å². The van der Waals surface area contributed by atoms with Gasteiger partial charge < -0.3 is 10.1 Å². The highest BCUT2D eigenvalue weighted by Crippen LogP contribution is 2.28. The Balaban J connectivity index is 1.64. The highest BCUT2D eigenvalue weighted by Gasteiger charge is 2.22. The lowest BCUT2D eigenvalue weighted by Gasteiger charge is -2.13. The van der Waals surface area contributed by atoms with Crippen LogP contribution in [-0.2, 0) is 11.2 Å². The zero-order chi connectivity index (χ0) is 12.8. The number of aryl methyl sites for hydroxylation is 1. The molecule has 0 aromatic carbocycles. The first-order valence-electron chi connectivity index (χ1n) is 7.06. The summed E-state index contributed by atoms with van der Waals surface area (Å²) in [7, 11) is 0. The van der Waals surface area contributed by atoms with Crippen molar-refractivity contribution in [2.75, 3.05) is 13.2 Å². The van der Waals surface area contributed by atoms with Crippen molar-refractivity contribution in [3.05, 3.63) is 29.6 Å². The normalized spacial score (nSPS) is 18.3. The number of nitrogens with zero attached hydrogens (tertiary/aromatic N) is 1. The molecule has 0 radical (unpaired) electrons. The average molecular weight is 248 g/mol. The van der Waals surface area contributed by atoms with Crippen molar-refractivity contribution in [3.63, 3.8) is 0 Å². The Bertz CT molecular complexity index is 365. The second-order valence-electron chi connectivity index (χ2n) is 5.22. The zero-order valence-corrected chi connectivity index (χ0v) is 11.5. The predicted octanol–water partition coefficient (Wildman–Crippen LogP) is 2.86. The molecule has 100 valence electrons. The molecule has 1 aliphatic rings. The van der Waals surface area contributed by atoms with Crippen LogP contribution in [-0.4, -0.2) is 24.2 Å². The maximum atomic E-state index is 5.53. The number of pyridine rings is 1. The molecular formula is C15H24N2O. The molecule has 0 spiro atoms. The number of hydrogen-bond acceptors (Lipinski definition) is 3. The zero-order valence-electron chi connectivity index (χ0n) is 11.5. The van der Waals surface area contributed by atoms with Crippen molar-refractivity contribution in [2.24, 2.45) is 0 Å². The fraction of sp³-hybridized carbons (Fsp3) is 0.667. The van der Waals surface area contributed by atoms with E-state index >= 15 is 0 Å². The van der Waals surface area contributed by atoms with Gasteiger partial charge in [0.15, 0.2) is 0 Å². The molecule has 0 fully saturated rings. The van der Waals surface area contributed by atoms with Crippen LogP contribution in [0.2, 0.25) is 0 Å². The molecule has 18 heavy (non-hydrogen) atoms. The molecule has 0 aliphatic heterocycles. The molecule has 1 unspecified atom stereocenters. The van der Waals surface area contributed by atoms with Crippen molar-refractivity contribution >= 4 is 0 Å². The van der Waals surface area contributed by atoms with E-state index < -0.39 is 0 Å². The number of rotatable bonds is 7. The lowest BCUT2D eigenvalue weighted by atomic mass is 10.2. The van der Waals surface area contributed by atoms with Gasteiger partial charge >= 0.3 is 0 Å². The second kappa shape index (κ2) is 6.86. The minimum Gasteiger partial charge on any atom is -0.379 e. The van der Waals surface area contributed by atoms with Gasteiger partial charge in [-0.15, -0.1) is 0 Å². The first kappa shape index (κ1) is 13.5. The van der Waals surface area contributed by atoms with E-state index in [1.54, 1.807) is 0 Å². The van der Waals surface area contributed by atoms with Gasteiger partial charge in [0.2, 0.25) is 0 Å². The molecule has 0 bridgehead atoms. The summed E-state index contributed by atoms with van der Waals surface area (Å²) in [4.78, 5) is 4.49. The van der Waals surface area contributed by atoms with E-state index in [2.05, 4.69) is 30.2 Å². The number of fused-ring (bicyclic) bond motifs is 1. The Morgan fingerprint density at radius 1 is 1.44 bits per heavy atom.